The lowest BCUT2D eigenvalue weighted by Crippen LogP contribution is -2.57. The molecule has 1 aromatic carbocycles. The van der Waals surface area contributed by atoms with Crippen LogP contribution >= 0.6 is 0 Å². The Bertz CT molecular complexity index is 912. The number of benzene rings is 1. The van der Waals surface area contributed by atoms with E-state index in [-0.39, 0.29) is 28.8 Å². The molecule has 4 nitrogen and oxygen atoms in total. The van der Waals surface area contributed by atoms with Crippen LogP contribution in [0.2, 0.25) is 0 Å². The third-order valence-electron chi connectivity index (χ3n) is 11.0. The molecule has 1 N–H and O–H groups in total. The molecule has 4 unspecified atom stereocenters. The molecule has 4 aliphatic rings. The lowest BCUT2D eigenvalue weighted by atomic mass is 9.44. The monoisotopic (exact) mass is 466 g/mol. The highest BCUT2D eigenvalue weighted by Crippen LogP contribution is 2.67. The predicted octanol–water partition coefficient (Wildman–Crippen LogP) is 6.07. The summed E-state index contributed by atoms with van der Waals surface area (Å²) in [6.45, 7) is 7.68. The molecule has 4 saturated carbocycles. The van der Waals surface area contributed by atoms with Crippen LogP contribution in [0.5, 0.6) is 0 Å². The Labute approximate surface area is 204 Å². The first-order valence-corrected chi connectivity index (χ1v) is 13.7. The summed E-state index contributed by atoms with van der Waals surface area (Å²) in [6.07, 6.45) is 8.82. The zero-order valence-corrected chi connectivity index (χ0v) is 21.2. The Morgan fingerprint density at radius 3 is 2.53 bits per heavy atom. The minimum atomic E-state index is -0.239. The number of rotatable bonds is 5. The van der Waals surface area contributed by atoms with Crippen molar-refractivity contribution >= 4 is 11.8 Å². The largest absolute Gasteiger partial charge is 0.462 e. The molecule has 4 fully saturated rings. The number of esters is 1. The van der Waals surface area contributed by atoms with Gasteiger partial charge in [-0.05, 0) is 104 Å². The summed E-state index contributed by atoms with van der Waals surface area (Å²) in [4.78, 5) is 25.9. The van der Waals surface area contributed by atoms with Crippen molar-refractivity contribution in [3.8, 4) is 0 Å². The summed E-state index contributed by atoms with van der Waals surface area (Å²) in [6, 6.07) is 9.22. The lowest BCUT2D eigenvalue weighted by Gasteiger charge is -2.60. The summed E-state index contributed by atoms with van der Waals surface area (Å²) in [5.41, 5.74) is 1.03. The summed E-state index contributed by atoms with van der Waals surface area (Å²) in [7, 11) is 0. The summed E-state index contributed by atoms with van der Waals surface area (Å²) < 4.78 is 5.60. The number of hydrogen-bond acceptors (Lipinski definition) is 4. The molecule has 34 heavy (non-hydrogen) atoms. The van der Waals surface area contributed by atoms with Crippen LogP contribution in [0.1, 0.15) is 88.9 Å². The average Bonchev–Trinajstić information content (AvgIpc) is 3.18. The quantitative estimate of drug-likeness (QED) is 0.535. The van der Waals surface area contributed by atoms with Crippen LogP contribution in [0.4, 0.5) is 0 Å². The van der Waals surface area contributed by atoms with Crippen molar-refractivity contribution in [2.45, 2.75) is 84.7 Å². The number of ether oxygens (including phenoxy) is 1. The molecule has 0 spiro atoms. The highest BCUT2D eigenvalue weighted by Gasteiger charge is 2.63. The minimum absolute atomic E-state index is 0.205. The maximum absolute atomic E-state index is 13.5. The second-order valence-electron chi connectivity index (χ2n) is 12.5. The van der Waals surface area contributed by atoms with Crippen LogP contribution in [0, 0.1) is 46.3 Å². The van der Waals surface area contributed by atoms with Gasteiger partial charge in [0, 0.05) is 12.3 Å². The molecule has 0 radical (unpaired) electrons. The first-order chi connectivity index (χ1) is 16.2. The Kier molecular flexibility index (Phi) is 6.42. The molecule has 0 aromatic heterocycles. The normalized spacial score (nSPS) is 42.3. The number of hydrogen-bond donors (Lipinski definition) is 1. The van der Waals surface area contributed by atoms with Gasteiger partial charge in [-0.2, -0.15) is 0 Å². The van der Waals surface area contributed by atoms with Gasteiger partial charge in [-0.1, -0.05) is 39.0 Å². The van der Waals surface area contributed by atoms with Crippen molar-refractivity contribution in [1.29, 1.82) is 0 Å². The third-order valence-corrected chi connectivity index (χ3v) is 11.0. The van der Waals surface area contributed by atoms with Crippen molar-refractivity contribution < 1.29 is 19.4 Å². The molecular formula is C30H42O4. The van der Waals surface area contributed by atoms with Crippen LogP contribution in [0.15, 0.2) is 30.3 Å². The fraction of sp³-hybridized carbons (Fsp3) is 0.733. The zero-order chi connectivity index (χ0) is 24.1. The fourth-order valence-electron chi connectivity index (χ4n) is 9.08. The number of fused-ring (bicyclic) bond motifs is 5. The van der Waals surface area contributed by atoms with E-state index in [1.54, 1.807) is 12.1 Å². The molecule has 5 rings (SSSR count). The second kappa shape index (κ2) is 9.08. The second-order valence-corrected chi connectivity index (χ2v) is 12.5. The molecule has 0 saturated heterocycles. The van der Waals surface area contributed by atoms with Crippen LogP contribution in [0.25, 0.3) is 0 Å². The van der Waals surface area contributed by atoms with Gasteiger partial charge in [0.2, 0.25) is 0 Å². The van der Waals surface area contributed by atoms with E-state index < -0.39 is 0 Å². The number of ketones is 1. The average molecular weight is 467 g/mol. The maximum Gasteiger partial charge on any atom is 0.338 e. The molecule has 0 heterocycles. The van der Waals surface area contributed by atoms with E-state index in [2.05, 4.69) is 20.8 Å². The van der Waals surface area contributed by atoms with E-state index in [9.17, 15) is 14.7 Å². The SMILES string of the molecule is C[C@H](CCOC(=O)c1ccccc1)[C@H]1CCC2C3C(=O)CC4C[C@H](O)CC[C@]4(C)C3CC[C@@]21C. The lowest BCUT2D eigenvalue weighted by molar-refractivity contribution is -0.160. The standard InChI is InChI=1S/C30H42O4/c1-19(13-16-34-28(33)20-7-5-4-6-8-20)23-9-10-24-27-25(12-15-30(23,24)3)29(2)14-11-22(31)17-21(29)18-26(27)32/h4-8,19,21-25,27,31H,9-18H2,1-3H3/t19-,21?,22-,23-,24?,25?,27?,29+,30-/m1/s1. The molecule has 0 amide bonds. The molecule has 4 aliphatic carbocycles. The van der Waals surface area contributed by atoms with Crippen molar-refractivity contribution in [2.75, 3.05) is 6.61 Å². The van der Waals surface area contributed by atoms with E-state index in [0.29, 0.717) is 54.0 Å². The highest BCUT2D eigenvalue weighted by atomic mass is 16.5. The van der Waals surface area contributed by atoms with E-state index in [0.717, 1.165) is 38.5 Å². The first-order valence-electron chi connectivity index (χ1n) is 13.7. The predicted molar refractivity (Wildman–Crippen MR) is 132 cm³/mol. The van der Waals surface area contributed by atoms with E-state index >= 15 is 0 Å². The van der Waals surface area contributed by atoms with E-state index in [1.165, 1.54) is 12.8 Å². The van der Waals surface area contributed by atoms with E-state index in [4.69, 9.17) is 4.74 Å². The van der Waals surface area contributed by atoms with Gasteiger partial charge in [0.05, 0.1) is 18.3 Å². The fourth-order valence-corrected chi connectivity index (χ4v) is 9.08. The molecule has 0 aliphatic heterocycles. The first kappa shape index (κ1) is 24.0. The minimum Gasteiger partial charge on any atom is -0.462 e. The van der Waals surface area contributed by atoms with Gasteiger partial charge in [-0.15, -0.1) is 0 Å². The Morgan fingerprint density at radius 1 is 1.06 bits per heavy atom. The molecule has 186 valence electrons. The number of carbonyl (C=O) groups is 2. The summed E-state index contributed by atoms with van der Waals surface area (Å²) in [5, 5.41) is 10.3. The van der Waals surface area contributed by atoms with Crippen molar-refractivity contribution in [3.05, 3.63) is 35.9 Å². The molecule has 4 heteroatoms. The van der Waals surface area contributed by atoms with Crippen molar-refractivity contribution in [1.82, 2.24) is 0 Å². The van der Waals surface area contributed by atoms with Gasteiger partial charge < -0.3 is 9.84 Å². The third kappa shape index (κ3) is 3.94. The molecule has 9 atom stereocenters. The maximum atomic E-state index is 13.5. The van der Waals surface area contributed by atoms with Gasteiger partial charge in [-0.3, -0.25) is 4.79 Å². The smallest absolute Gasteiger partial charge is 0.338 e. The van der Waals surface area contributed by atoms with Crippen LogP contribution in [-0.2, 0) is 9.53 Å². The molecule has 1 aromatic rings. The number of aliphatic hydroxyl groups is 1. The number of aliphatic hydroxyl groups excluding tert-OH is 1. The summed E-state index contributed by atoms with van der Waals surface area (Å²) >= 11 is 0. The Balaban J connectivity index is 1.25. The molecular weight excluding hydrogens is 424 g/mol. The van der Waals surface area contributed by atoms with Crippen molar-refractivity contribution in [2.24, 2.45) is 46.3 Å². The molecule has 0 bridgehead atoms. The summed E-state index contributed by atoms with van der Waals surface area (Å²) in [5.74, 6) is 2.86. The van der Waals surface area contributed by atoms with Gasteiger partial charge in [-0.25, -0.2) is 4.79 Å². The van der Waals surface area contributed by atoms with E-state index in [1.807, 2.05) is 18.2 Å². The number of Topliss-reactive ketones (excluding diaryl/α,β-unsaturated/α-hetero) is 1. The van der Waals surface area contributed by atoms with Gasteiger partial charge >= 0.3 is 5.97 Å². The van der Waals surface area contributed by atoms with Crippen molar-refractivity contribution in [3.63, 3.8) is 0 Å². The van der Waals surface area contributed by atoms with Crippen LogP contribution in [-0.4, -0.2) is 29.6 Å². The highest BCUT2D eigenvalue weighted by molar-refractivity contribution is 5.89. The van der Waals surface area contributed by atoms with Gasteiger partial charge in [0.15, 0.2) is 0 Å². The van der Waals surface area contributed by atoms with Gasteiger partial charge in [0.1, 0.15) is 5.78 Å². The Morgan fingerprint density at radius 2 is 1.76 bits per heavy atom. The van der Waals surface area contributed by atoms with Crippen LogP contribution in [0.3, 0.4) is 0 Å². The zero-order valence-electron chi connectivity index (χ0n) is 21.2. The Hall–Kier alpha value is -1.68. The van der Waals surface area contributed by atoms with Gasteiger partial charge in [0.25, 0.3) is 0 Å². The topological polar surface area (TPSA) is 63.6 Å². The van der Waals surface area contributed by atoms with Crippen LogP contribution < -0.4 is 0 Å². The number of carbonyl (C=O) groups excluding carboxylic acids is 2.